The number of nitrogens with one attached hydrogen (secondary N) is 2. The molecule has 0 saturated heterocycles. The molecular weight excluding hydrogens is 226 g/mol. The summed E-state index contributed by atoms with van der Waals surface area (Å²) in [7, 11) is 0. The molecule has 1 amide bonds. The molecule has 4 heteroatoms. The molecule has 1 aromatic heterocycles. The van der Waals surface area contributed by atoms with Crippen molar-refractivity contribution in [3.8, 4) is 6.07 Å². The number of carbonyl (C=O) groups is 1. The number of carbonyl (C=O) groups excluding carboxylic acids is 1. The number of nitriles is 1. The monoisotopic (exact) mass is 241 g/mol. The third kappa shape index (κ3) is 2.89. The van der Waals surface area contributed by atoms with Crippen LogP contribution in [0.3, 0.4) is 0 Å². The lowest BCUT2D eigenvalue weighted by molar-refractivity contribution is 0.0953. The Balaban J connectivity index is 1.90. The maximum absolute atomic E-state index is 11.9. The van der Waals surface area contributed by atoms with Gasteiger partial charge in [-0.25, -0.2) is 0 Å². The number of hydrogen-bond acceptors (Lipinski definition) is 2. The van der Waals surface area contributed by atoms with Gasteiger partial charge < -0.3 is 10.3 Å². The van der Waals surface area contributed by atoms with Crippen molar-refractivity contribution in [3.05, 3.63) is 36.0 Å². The number of aromatic nitrogens is 1. The molecule has 18 heavy (non-hydrogen) atoms. The minimum atomic E-state index is -0.0662. The Morgan fingerprint density at radius 1 is 1.33 bits per heavy atom. The molecule has 0 aliphatic carbocycles. The Kier molecular flexibility index (Phi) is 3.98. The van der Waals surface area contributed by atoms with Gasteiger partial charge in [-0.3, -0.25) is 4.79 Å². The molecule has 0 fully saturated rings. The molecule has 0 atom stereocenters. The molecule has 2 aromatic rings. The molecule has 0 saturated carbocycles. The van der Waals surface area contributed by atoms with Gasteiger partial charge in [-0.05, 0) is 36.4 Å². The van der Waals surface area contributed by atoms with Crippen LogP contribution in [0.15, 0.2) is 30.5 Å². The maximum Gasteiger partial charge on any atom is 0.251 e. The first kappa shape index (κ1) is 12.2. The van der Waals surface area contributed by atoms with E-state index in [1.165, 1.54) is 0 Å². The highest BCUT2D eigenvalue weighted by Crippen LogP contribution is 2.13. The Hall–Kier alpha value is -2.28. The summed E-state index contributed by atoms with van der Waals surface area (Å²) in [6, 6.07) is 9.65. The second-order valence-electron chi connectivity index (χ2n) is 4.15. The fourth-order valence-corrected chi connectivity index (χ4v) is 1.82. The summed E-state index contributed by atoms with van der Waals surface area (Å²) in [5.41, 5.74) is 1.62. The van der Waals surface area contributed by atoms with Crippen LogP contribution in [-0.2, 0) is 0 Å². The van der Waals surface area contributed by atoms with Crippen LogP contribution in [0.2, 0.25) is 0 Å². The van der Waals surface area contributed by atoms with Crippen LogP contribution >= 0.6 is 0 Å². The van der Waals surface area contributed by atoms with Crippen LogP contribution in [0.5, 0.6) is 0 Å². The first-order valence-electron chi connectivity index (χ1n) is 6.03. The van der Waals surface area contributed by atoms with Crippen molar-refractivity contribution in [1.82, 2.24) is 10.3 Å². The van der Waals surface area contributed by atoms with Crippen LogP contribution in [0.25, 0.3) is 10.9 Å². The van der Waals surface area contributed by atoms with Crippen molar-refractivity contribution < 1.29 is 4.79 Å². The predicted molar refractivity (Wildman–Crippen MR) is 70.1 cm³/mol. The highest BCUT2D eigenvalue weighted by molar-refractivity contribution is 5.97. The average Bonchev–Trinajstić information content (AvgIpc) is 2.85. The molecule has 0 radical (unpaired) electrons. The fraction of sp³-hybridized carbons (Fsp3) is 0.286. The van der Waals surface area contributed by atoms with Crippen molar-refractivity contribution in [2.45, 2.75) is 19.3 Å². The first-order valence-corrected chi connectivity index (χ1v) is 6.03. The van der Waals surface area contributed by atoms with Crippen LogP contribution in [0.4, 0.5) is 0 Å². The lowest BCUT2D eigenvalue weighted by atomic mass is 10.1. The molecule has 0 aliphatic rings. The summed E-state index contributed by atoms with van der Waals surface area (Å²) in [4.78, 5) is 14.9. The normalized spacial score (nSPS) is 10.2. The van der Waals surface area contributed by atoms with E-state index >= 15 is 0 Å². The van der Waals surface area contributed by atoms with Gasteiger partial charge in [0, 0.05) is 30.2 Å². The minimum Gasteiger partial charge on any atom is -0.361 e. The standard InChI is InChI=1S/C14H15N3O/c15-7-2-1-3-8-17-14(18)12-5-4-11-6-9-16-13(11)10-12/h4-6,9-10,16H,1-3,8H2,(H,17,18). The number of aromatic amines is 1. The Bertz CT molecular complexity index is 580. The summed E-state index contributed by atoms with van der Waals surface area (Å²) < 4.78 is 0. The van der Waals surface area contributed by atoms with Crippen molar-refractivity contribution >= 4 is 16.8 Å². The van der Waals surface area contributed by atoms with Crippen LogP contribution in [-0.4, -0.2) is 17.4 Å². The van der Waals surface area contributed by atoms with E-state index < -0.39 is 0 Å². The lowest BCUT2D eigenvalue weighted by Gasteiger charge is -2.04. The predicted octanol–water partition coefficient (Wildman–Crippen LogP) is 2.59. The molecular formula is C14H15N3O. The zero-order valence-corrected chi connectivity index (χ0v) is 10.1. The number of benzene rings is 1. The second kappa shape index (κ2) is 5.87. The van der Waals surface area contributed by atoms with Gasteiger partial charge in [-0.15, -0.1) is 0 Å². The van der Waals surface area contributed by atoms with Crippen molar-refractivity contribution in [1.29, 1.82) is 5.26 Å². The van der Waals surface area contributed by atoms with Crippen LogP contribution < -0.4 is 5.32 Å². The van der Waals surface area contributed by atoms with Gasteiger partial charge in [0.05, 0.1) is 6.07 Å². The highest BCUT2D eigenvalue weighted by atomic mass is 16.1. The second-order valence-corrected chi connectivity index (χ2v) is 4.15. The SMILES string of the molecule is N#CCCCCNC(=O)c1ccc2cc[nH]c2c1. The molecule has 0 unspecified atom stereocenters. The van der Waals surface area contributed by atoms with Crippen LogP contribution in [0, 0.1) is 11.3 Å². The van der Waals surface area contributed by atoms with Gasteiger partial charge >= 0.3 is 0 Å². The van der Waals surface area contributed by atoms with Crippen LogP contribution in [0.1, 0.15) is 29.6 Å². The molecule has 0 aliphatic heterocycles. The van der Waals surface area contributed by atoms with E-state index in [1.807, 2.05) is 30.5 Å². The van der Waals surface area contributed by atoms with Crippen molar-refractivity contribution in [2.75, 3.05) is 6.54 Å². The molecule has 92 valence electrons. The van der Waals surface area contributed by atoms with E-state index in [-0.39, 0.29) is 5.91 Å². The van der Waals surface area contributed by atoms with Crippen molar-refractivity contribution in [3.63, 3.8) is 0 Å². The smallest absolute Gasteiger partial charge is 0.251 e. The van der Waals surface area contributed by atoms with E-state index in [1.54, 1.807) is 0 Å². The first-order chi connectivity index (χ1) is 8.81. The lowest BCUT2D eigenvalue weighted by Crippen LogP contribution is -2.24. The number of hydrogen-bond donors (Lipinski definition) is 2. The number of amides is 1. The van der Waals surface area contributed by atoms with E-state index in [4.69, 9.17) is 5.26 Å². The van der Waals surface area contributed by atoms with Gasteiger partial charge in [-0.1, -0.05) is 6.07 Å². The summed E-state index contributed by atoms with van der Waals surface area (Å²) in [6.07, 6.45) is 4.06. The zero-order valence-electron chi connectivity index (χ0n) is 10.1. The Morgan fingerprint density at radius 2 is 2.22 bits per heavy atom. The van der Waals surface area contributed by atoms with E-state index in [0.29, 0.717) is 18.5 Å². The van der Waals surface area contributed by atoms with E-state index in [0.717, 1.165) is 23.7 Å². The highest BCUT2D eigenvalue weighted by Gasteiger charge is 2.05. The number of nitrogens with zero attached hydrogens (tertiary/aromatic N) is 1. The molecule has 0 spiro atoms. The van der Waals surface area contributed by atoms with Crippen molar-refractivity contribution in [2.24, 2.45) is 0 Å². The maximum atomic E-state index is 11.9. The van der Waals surface area contributed by atoms with E-state index in [2.05, 4.69) is 16.4 Å². The number of H-pyrrole nitrogens is 1. The quantitative estimate of drug-likeness (QED) is 0.790. The Labute approximate surface area is 106 Å². The third-order valence-electron chi connectivity index (χ3n) is 2.82. The topological polar surface area (TPSA) is 68.7 Å². The third-order valence-corrected chi connectivity index (χ3v) is 2.82. The molecule has 1 aromatic carbocycles. The zero-order chi connectivity index (χ0) is 12.8. The summed E-state index contributed by atoms with van der Waals surface area (Å²) in [6.45, 7) is 0.614. The molecule has 0 bridgehead atoms. The largest absolute Gasteiger partial charge is 0.361 e. The minimum absolute atomic E-state index is 0.0662. The summed E-state index contributed by atoms with van der Waals surface area (Å²) >= 11 is 0. The molecule has 2 rings (SSSR count). The van der Waals surface area contributed by atoms with Gasteiger partial charge in [0.25, 0.3) is 5.91 Å². The molecule has 1 heterocycles. The summed E-state index contributed by atoms with van der Waals surface area (Å²) in [5, 5.41) is 12.3. The molecule has 2 N–H and O–H groups in total. The Morgan fingerprint density at radius 3 is 3.06 bits per heavy atom. The number of unbranched alkanes of at least 4 members (excludes halogenated alkanes) is 2. The fourth-order valence-electron chi connectivity index (χ4n) is 1.82. The van der Waals surface area contributed by atoms with Gasteiger partial charge in [0.1, 0.15) is 0 Å². The summed E-state index contributed by atoms with van der Waals surface area (Å²) in [5.74, 6) is -0.0662. The average molecular weight is 241 g/mol. The molecule has 4 nitrogen and oxygen atoms in total. The number of rotatable bonds is 5. The van der Waals surface area contributed by atoms with Gasteiger partial charge in [0.2, 0.25) is 0 Å². The van der Waals surface area contributed by atoms with Gasteiger partial charge in [-0.2, -0.15) is 5.26 Å². The number of fused-ring (bicyclic) bond motifs is 1. The van der Waals surface area contributed by atoms with E-state index in [9.17, 15) is 4.79 Å². The van der Waals surface area contributed by atoms with Gasteiger partial charge in [0.15, 0.2) is 0 Å².